The average molecular weight is 383 g/mol. The van der Waals surface area contributed by atoms with Gasteiger partial charge in [-0.05, 0) is 55.0 Å². The van der Waals surface area contributed by atoms with E-state index in [2.05, 4.69) is 10.6 Å². The van der Waals surface area contributed by atoms with Gasteiger partial charge < -0.3 is 10.1 Å². The van der Waals surface area contributed by atoms with Gasteiger partial charge in [0, 0.05) is 5.56 Å². The Morgan fingerprint density at radius 2 is 1.88 bits per heavy atom. The molecule has 0 fully saturated rings. The van der Waals surface area contributed by atoms with Gasteiger partial charge >= 0.3 is 0 Å². The largest absolute Gasteiger partial charge is 0.494 e. The van der Waals surface area contributed by atoms with Crippen molar-refractivity contribution in [1.82, 2.24) is 5.32 Å². The third kappa shape index (κ3) is 5.09. The summed E-state index contributed by atoms with van der Waals surface area (Å²) < 4.78 is 5.48. The molecule has 2 aromatic carbocycles. The highest BCUT2D eigenvalue weighted by molar-refractivity contribution is 7.80. The third-order valence-corrected chi connectivity index (χ3v) is 4.04. The number of rotatable bonds is 5. The molecular formula is C17H16Cl2N2O2S. The molecule has 0 aliphatic carbocycles. The second-order valence-corrected chi connectivity index (χ2v) is 6.08. The second-order valence-electron chi connectivity index (χ2n) is 4.88. The Morgan fingerprint density at radius 3 is 2.54 bits per heavy atom. The zero-order chi connectivity index (χ0) is 17.5. The lowest BCUT2D eigenvalue weighted by Gasteiger charge is -2.12. The van der Waals surface area contributed by atoms with E-state index in [1.807, 2.05) is 6.92 Å². The van der Waals surface area contributed by atoms with Gasteiger partial charge in [-0.3, -0.25) is 10.1 Å². The van der Waals surface area contributed by atoms with Crippen LogP contribution in [-0.4, -0.2) is 17.6 Å². The maximum Gasteiger partial charge on any atom is 0.257 e. The van der Waals surface area contributed by atoms with Crippen LogP contribution in [0, 0.1) is 0 Å². The van der Waals surface area contributed by atoms with Gasteiger partial charge in [-0.15, -0.1) is 0 Å². The maximum atomic E-state index is 12.2. The minimum atomic E-state index is -0.326. The molecule has 1 amide bonds. The minimum Gasteiger partial charge on any atom is -0.494 e. The molecule has 126 valence electrons. The summed E-state index contributed by atoms with van der Waals surface area (Å²) in [7, 11) is 0. The molecule has 2 N–H and O–H groups in total. The lowest BCUT2D eigenvalue weighted by Crippen LogP contribution is -2.34. The first-order valence-corrected chi connectivity index (χ1v) is 8.47. The van der Waals surface area contributed by atoms with Crippen LogP contribution in [0.3, 0.4) is 0 Å². The highest BCUT2D eigenvalue weighted by Crippen LogP contribution is 2.29. The van der Waals surface area contributed by atoms with E-state index >= 15 is 0 Å². The standard InChI is InChI=1S/C17H16Cl2N2O2S/c1-2-10-23-12-8-6-11(7-9-12)16(22)21-17(24)20-14-5-3-4-13(18)15(14)19/h3-9H,2,10H2,1H3,(H2,20,21,22,24). The molecule has 0 aromatic heterocycles. The summed E-state index contributed by atoms with van der Waals surface area (Å²) in [5, 5.41) is 6.32. The van der Waals surface area contributed by atoms with Gasteiger partial charge in [-0.25, -0.2) is 0 Å². The quantitative estimate of drug-likeness (QED) is 0.721. The van der Waals surface area contributed by atoms with Crippen LogP contribution in [0.15, 0.2) is 42.5 Å². The fourth-order valence-electron chi connectivity index (χ4n) is 1.85. The van der Waals surface area contributed by atoms with Crippen molar-refractivity contribution in [3.05, 3.63) is 58.1 Å². The Bertz CT molecular complexity index is 736. The fourth-order valence-corrected chi connectivity index (χ4v) is 2.40. The van der Waals surface area contributed by atoms with E-state index in [-0.39, 0.29) is 11.0 Å². The zero-order valence-electron chi connectivity index (χ0n) is 12.9. The van der Waals surface area contributed by atoms with E-state index in [0.29, 0.717) is 27.9 Å². The van der Waals surface area contributed by atoms with Crippen molar-refractivity contribution >= 4 is 52.1 Å². The summed E-state index contributed by atoms with van der Waals surface area (Å²) in [5.41, 5.74) is 0.998. The lowest BCUT2D eigenvalue weighted by atomic mass is 10.2. The molecule has 24 heavy (non-hydrogen) atoms. The van der Waals surface area contributed by atoms with Crippen molar-refractivity contribution < 1.29 is 9.53 Å². The fraction of sp³-hybridized carbons (Fsp3) is 0.176. The van der Waals surface area contributed by atoms with Crippen LogP contribution in [-0.2, 0) is 0 Å². The first-order valence-electron chi connectivity index (χ1n) is 7.30. The molecular weight excluding hydrogens is 367 g/mol. The van der Waals surface area contributed by atoms with Crippen LogP contribution >= 0.6 is 35.4 Å². The Morgan fingerprint density at radius 1 is 1.17 bits per heavy atom. The van der Waals surface area contributed by atoms with Gasteiger partial charge in [0.15, 0.2) is 5.11 Å². The summed E-state index contributed by atoms with van der Waals surface area (Å²) in [4.78, 5) is 12.2. The number of hydrogen-bond donors (Lipinski definition) is 2. The molecule has 0 aliphatic rings. The van der Waals surface area contributed by atoms with Crippen molar-refractivity contribution in [2.75, 3.05) is 11.9 Å². The average Bonchev–Trinajstić information content (AvgIpc) is 2.57. The van der Waals surface area contributed by atoms with Crippen molar-refractivity contribution in [1.29, 1.82) is 0 Å². The van der Waals surface area contributed by atoms with Crippen molar-refractivity contribution in [2.24, 2.45) is 0 Å². The van der Waals surface area contributed by atoms with Crippen LogP contribution in [0.25, 0.3) is 0 Å². The van der Waals surface area contributed by atoms with Crippen LogP contribution in [0.1, 0.15) is 23.7 Å². The summed E-state index contributed by atoms with van der Waals surface area (Å²) in [5.74, 6) is 0.396. The number of amides is 1. The van der Waals surface area contributed by atoms with E-state index in [1.54, 1.807) is 42.5 Å². The number of benzene rings is 2. The Labute approximate surface area is 156 Å². The summed E-state index contributed by atoms with van der Waals surface area (Å²) in [6, 6.07) is 12.0. The number of ether oxygens (including phenoxy) is 1. The van der Waals surface area contributed by atoms with Gasteiger partial charge in [-0.1, -0.05) is 36.2 Å². The van der Waals surface area contributed by atoms with Crippen LogP contribution in [0.5, 0.6) is 5.75 Å². The molecule has 0 saturated heterocycles. The summed E-state index contributed by atoms with van der Waals surface area (Å²) >= 11 is 17.1. The number of nitrogens with one attached hydrogen (secondary N) is 2. The molecule has 0 heterocycles. The Hall–Kier alpha value is -1.82. The summed E-state index contributed by atoms with van der Waals surface area (Å²) in [6.45, 7) is 2.67. The molecule has 0 unspecified atom stereocenters. The molecule has 4 nitrogen and oxygen atoms in total. The number of carbonyl (C=O) groups is 1. The second kappa shape index (κ2) is 8.87. The molecule has 0 atom stereocenters. The number of carbonyl (C=O) groups excluding carboxylic acids is 1. The minimum absolute atomic E-state index is 0.135. The topological polar surface area (TPSA) is 50.4 Å². The Balaban J connectivity index is 1.96. The molecule has 2 rings (SSSR count). The third-order valence-electron chi connectivity index (χ3n) is 3.02. The summed E-state index contributed by atoms with van der Waals surface area (Å²) in [6.07, 6.45) is 0.925. The Kier molecular flexibility index (Phi) is 6.85. The van der Waals surface area contributed by atoms with Gasteiger partial charge in [0.1, 0.15) is 5.75 Å². The van der Waals surface area contributed by atoms with E-state index < -0.39 is 0 Å². The van der Waals surface area contributed by atoms with Crippen LogP contribution in [0.2, 0.25) is 10.0 Å². The van der Waals surface area contributed by atoms with Gasteiger partial charge in [0.05, 0.1) is 22.3 Å². The van der Waals surface area contributed by atoms with Crippen LogP contribution in [0.4, 0.5) is 5.69 Å². The van der Waals surface area contributed by atoms with E-state index in [0.717, 1.165) is 12.2 Å². The predicted molar refractivity (Wildman–Crippen MR) is 102 cm³/mol. The first-order chi connectivity index (χ1) is 11.5. The molecule has 0 spiro atoms. The van der Waals surface area contributed by atoms with E-state index in [1.165, 1.54) is 0 Å². The normalized spacial score (nSPS) is 10.1. The van der Waals surface area contributed by atoms with Crippen molar-refractivity contribution in [2.45, 2.75) is 13.3 Å². The molecule has 0 bridgehead atoms. The lowest BCUT2D eigenvalue weighted by molar-refractivity contribution is 0.0977. The number of halogens is 2. The number of anilines is 1. The molecule has 0 saturated carbocycles. The van der Waals surface area contributed by atoms with Gasteiger partial charge in [0.25, 0.3) is 5.91 Å². The molecule has 7 heteroatoms. The van der Waals surface area contributed by atoms with E-state index in [9.17, 15) is 4.79 Å². The van der Waals surface area contributed by atoms with Gasteiger partial charge in [0.2, 0.25) is 0 Å². The molecule has 0 aliphatic heterocycles. The SMILES string of the molecule is CCCOc1ccc(C(=O)NC(=S)Nc2cccc(Cl)c2Cl)cc1. The highest BCUT2D eigenvalue weighted by Gasteiger charge is 2.10. The monoisotopic (exact) mass is 382 g/mol. The molecule has 2 aromatic rings. The van der Waals surface area contributed by atoms with Crippen molar-refractivity contribution in [3.8, 4) is 5.75 Å². The molecule has 0 radical (unpaired) electrons. The zero-order valence-corrected chi connectivity index (χ0v) is 15.3. The maximum absolute atomic E-state index is 12.2. The highest BCUT2D eigenvalue weighted by atomic mass is 35.5. The van der Waals surface area contributed by atoms with Crippen LogP contribution < -0.4 is 15.4 Å². The predicted octanol–water partition coefficient (Wildman–Crippen LogP) is 4.91. The van der Waals surface area contributed by atoms with E-state index in [4.69, 9.17) is 40.2 Å². The number of hydrogen-bond acceptors (Lipinski definition) is 3. The number of thiocarbonyl (C=S) groups is 1. The smallest absolute Gasteiger partial charge is 0.257 e. The van der Waals surface area contributed by atoms with Gasteiger partial charge in [-0.2, -0.15) is 0 Å². The van der Waals surface area contributed by atoms with Crippen molar-refractivity contribution in [3.63, 3.8) is 0 Å². The first kappa shape index (κ1) is 18.5.